The van der Waals surface area contributed by atoms with Gasteiger partial charge in [0.25, 0.3) is 11.8 Å². The highest BCUT2D eigenvalue weighted by atomic mass is 19.1. The Hall–Kier alpha value is -2.80. The molecule has 5 nitrogen and oxygen atoms in total. The van der Waals surface area contributed by atoms with Crippen molar-refractivity contribution in [3.05, 3.63) is 71.3 Å². The summed E-state index contributed by atoms with van der Waals surface area (Å²) in [5.41, 5.74) is -0.0870. The summed E-state index contributed by atoms with van der Waals surface area (Å²) in [6, 6.07) is 10.8. The van der Waals surface area contributed by atoms with Crippen LogP contribution in [0.5, 0.6) is 0 Å². The van der Waals surface area contributed by atoms with Gasteiger partial charge in [-0.25, -0.2) is 8.78 Å². The largest absolute Gasteiger partial charge is 0.394 e. The maximum absolute atomic E-state index is 13.6. The Morgan fingerprint density at radius 3 is 2.00 bits per heavy atom. The van der Waals surface area contributed by atoms with E-state index in [0.29, 0.717) is 25.8 Å². The van der Waals surface area contributed by atoms with Gasteiger partial charge in [0.2, 0.25) is 0 Å². The third kappa shape index (κ3) is 6.14. The number of benzene rings is 2. The quantitative estimate of drug-likeness (QED) is 0.589. The van der Waals surface area contributed by atoms with Crippen LogP contribution in [0, 0.1) is 11.6 Å². The van der Waals surface area contributed by atoms with Gasteiger partial charge in [0.05, 0.1) is 23.8 Å². The molecule has 1 atom stereocenters. The number of amides is 2. The van der Waals surface area contributed by atoms with Crippen LogP contribution in [0.4, 0.5) is 8.78 Å². The highest BCUT2D eigenvalue weighted by Gasteiger charge is 2.16. The van der Waals surface area contributed by atoms with Crippen LogP contribution < -0.4 is 10.6 Å². The number of carbonyl (C=O) groups excluding carboxylic acids is 2. The third-order valence-corrected chi connectivity index (χ3v) is 4.06. The van der Waals surface area contributed by atoms with Crippen molar-refractivity contribution in [1.82, 2.24) is 10.6 Å². The molecule has 0 fully saturated rings. The third-order valence-electron chi connectivity index (χ3n) is 4.06. The molecular weight excluding hydrogens is 354 g/mol. The van der Waals surface area contributed by atoms with Crippen molar-refractivity contribution in [1.29, 1.82) is 0 Å². The number of aliphatic hydroxyl groups excluding tert-OH is 1. The Kier molecular flexibility index (Phi) is 7.88. The Balaban J connectivity index is 1.72. The van der Waals surface area contributed by atoms with Gasteiger partial charge in [-0.15, -0.1) is 0 Å². The molecule has 0 radical (unpaired) electrons. The van der Waals surface area contributed by atoms with Gasteiger partial charge in [0, 0.05) is 6.54 Å². The van der Waals surface area contributed by atoms with Gasteiger partial charge in [-0.05, 0) is 43.5 Å². The number of hydrogen-bond acceptors (Lipinski definition) is 3. The van der Waals surface area contributed by atoms with Crippen LogP contribution in [0.25, 0.3) is 0 Å². The van der Waals surface area contributed by atoms with Gasteiger partial charge in [-0.1, -0.05) is 24.3 Å². The lowest BCUT2D eigenvalue weighted by Crippen LogP contribution is -2.38. The molecule has 0 bridgehead atoms. The normalized spacial score (nSPS) is 11.7. The predicted molar refractivity (Wildman–Crippen MR) is 97.3 cm³/mol. The molecule has 0 saturated carbocycles. The van der Waals surface area contributed by atoms with Crippen molar-refractivity contribution >= 4 is 11.8 Å². The summed E-state index contributed by atoms with van der Waals surface area (Å²) in [5.74, 6) is -2.27. The van der Waals surface area contributed by atoms with E-state index in [1.807, 2.05) is 0 Å². The summed E-state index contributed by atoms with van der Waals surface area (Å²) in [5, 5.41) is 14.6. The number of aliphatic hydroxyl groups is 1. The van der Waals surface area contributed by atoms with Crippen LogP contribution in [0.2, 0.25) is 0 Å². The first-order valence-corrected chi connectivity index (χ1v) is 8.72. The summed E-state index contributed by atoms with van der Waals surface area (Å²) in [4.78, 5) is 23.9. The molecule has 2 aromatic rings. The van der Waals surface area contributed by atoms with Gasteiger partial charge in [0.1, 0.15) is 11.6 Å². The maximum Gasteiger partial charge on any atom is 0.254 e. The van der Waals surface area contributed by atoms with Crippen molar-refractivity contribution in [2.24, 2.45) is 0 Å². The lowest BCUT2D eigenvalue weighted by Gasteiger charge is -2.16. The molecule has 0 aromatic heterocycles. The van der Waals surface area contributed by atoms with E-state index in [2.05, 4.69) is 10.6 Å². The summed E-state index contributed by atoms with van der Waals surface area (Å²) in [6.45, 7) is 0.0638. The molecular formula is C20H22F2N2O3. The Morgan fingerprint density at radius 2 is 1.44 bits per heavy atom. The fourth-order valence-corrected chi connectivity index (χ4v) is 2.58. The molecule has 2 rings (SSSR count). The zero-order valence-electron chi connectivity index (χ0n) is 14.8. The van der Waals surface area contributed by atoms with E-state index in [0.717, 1.165) is 0 Å². The molecule has 0 heterocycles. The van der Waals surface area contributed by atoms with Crippen molar-refractivity contribution in [2.75, 3.05) is 13.2 Å². The van der Waals surface area contributed by atoms with Gasteiger partial charge < -0.3 is 15.7 Å². The summed E-state index contributed by atoms with van der Waals surface area (Å²) in [6.07, 6.45) is 1.67. The molecule has 0 saturated heterocycles. The van der Waals surface area contributed by atoms with E-state index in [4.69, 9.17) is 0 Å². The lowest BCUT2D eigenvalue weighted by atomic mass is 10.1. The number of halogens is 2. The number of nitrogens with one attached hydrogen (secondary N) is 2. The average Bonchev–Trinajstić information content (AvgIpc) is 2.67. The lowest BCUT2D eigenvalue weighted by molar-refractivity contribution is 0.0908. The smallest absolute Gasteiger partial charge is 0.254 e. The van der Waals surface area contributed by atoms with E-state index < -0.39 is 29.5 Å². The predicted octanol–water partition coefficient (Wildman–Crippen LogP) is 2.66. The van der Waals surface area contributed by atoms with Crippen molar-refractivity contribution in [3.63, 3.8) is 0 Å². The summed E-state index contributed by atoms with van der Waals surface area (Å²) in [7, 11) is 0. The standard InChI is InChI=1S/C20H22F2N2O3/c21-17-10-3-1-8-15(17)19(26)23-12-6-5-7-14(13-25)24-20(27)16-9-2-4-11-18(16)22/h1-4,8-11,14,25H,5-7,12-13H2,(H,23,26)(H,24,27). The topological polar surface area (TPSA) is 78.4 Å². The van der Waals surface area contributed by atoms with Gasteiger partial charge in [-0.2, -0.15) is 0 Å². The van der Waals surface area contributed by atoms with Gasteiger partial charge in [0.15, 0.2) is 0 Å². The molecule has 2 aromatic carbocycles. The molecule has 0 aliphatic rings. The fourth-order valence-electron chi connectivity index (χ4n) is 2.58. The second kappa shape index (κ2) is 10.4. The van der Waals surface area contributed by atoms with Crippen LogP contribution in [-0.2, 0) is 0 Å². The van der Waals surface area contributed by atoms with Crippen molar-refractivity contribution < 1.29 is 23.5 Å². The van der Waals surface area contributed by atoms with E-state index >= 15 is 0 Å². The van der Waals surface area contributed by atoms with Crippen LogP contribution >= 0.6 is 0 Å². The zero-order valence-corrected chi connectivity index (χ0v) is 14.8. The van der Waals surface area contributed by atoms with Crippen molar-refractivity contribution in [2.45, 2.75) is 25.3 Å². The number of rotatable bonds is 9. The summed E-state index contributed by atoms with van der Waals surface area (Å²) < 4.78 is 27.1. The molecule has 0 aliphatic carbocycles. The molecule has 144 valence electrons. The minimum atomic E-state index is -0.623. The monoisotopic (exact) mass is 376 g/mol. The van der Waals surface area contributed by atoms with Crippen LogP contribution in [-0.4, -0.2) is 36.1 Å². The van der Waals surface area contributed by atoms with Crippen LogP contribution in [0.1, 0.15) is 40.0 Å². The molecule has 2 amide bonds. The van der Waals surface area contributed by atoms with E-state index in [-0.39, 0.29) is 17.7 Å². The number of hydrogen-bond donors (Lipinski definition) is 3. The number of unbranched alkanes of at least 4 members (excludes halogenated alkanes) is 1. The van der Waals surface area contributed by atoms with Gasteiger partial charge in [-0.3, -0.25) is 9.59 Å². The first-order valence-electron chi connectivity index (χ1n) is 8.72. The molecule has 0 spiro atoms. The van der Waals surface area contributed by atoms with Crippen molar-refractivity contribution in [3.8, 4) is 0 Å². The molecule has 1 unspecified atom stereocenters. The molecule has 27 heavy (non-hydrogen) atoms. The first kappa shape index (κ1) is 20.5. The van der Waals surface area contributed by atoms with E-state index in [1.165, 1.54) is 36.4 Å². The Bertz CT molecular complexity index is 783. The average molecular weight is 376 g/mol. The summed E-state index contributed by atoms with van der Waals surface area (Å²) >= 11 is 0. The molecule has 0 aliphatic heterocycles. The SMILES string of the molecule is O=C(NCCCCC(CO)NC(=O)c1ccccc1F)c1ccccc1F. The fraction of sp³-hybridized carbons (Fsp3) is 0.300. The van der Waals surface area contributed by atoms with Crippen LogP contribution in [0.15, 0.2) is 48.5 Å². The minimum Gasteiger partial charge on any atom is -0.394 e. The minimum absolute atomic E-state index is 0.0112. The zero-order chi connectivity index (χ0) is 19.6. The van der Waals surface area contributed by atoms with E-state index in [9.17, 15) is 23.5 Å². The Labute approximate surface area is 156 Å². The highest BCUT2D eigenvalue weighted by Crippen LogP contribution is 2.09. The Morgan fingerprint density at radius 1 is 0.889 bits per heavy atom. The van der Waals surface area contributed by atoms with Crippen LogP contribution in [0.3, 0.4) is 0 Å². The van der Waals surface area contributed by atoms with Gasteiger partial charge >= 0.3 is 0 Å². The molecule has 3 N–H and O–H groups in total. The second-order valence-corrected chi connectivity index (χ2v) is 6.06. The maximum atomic E-state index is 13.6. The molecule has 7 heteroatoms. The second-order valence-electron chi connectivity index (χ2n) is 6.06. The highest BCUT2D eigenvalue weighted by molar-refractivity contribution is 5.95. The van der Waals surface area contributed by atoms with E-state index in [1.54, 1.807) is 12.1 Å². The first-order chi connectivity index (χ1) is 13.0. The number of carbonyl (C=O) groups is 2.